The van der Waals surface area contributed by atoms with Crippen molar-refractivity contribution in [2.45, 2.75) is 25.7 Å². The van der Waals surface area contributed by atoms with Gasteiger partial charge in [-0.2, -0.15) is 0 Å². The summed E-state index contributed by atoms with van der Waals surface area (Å²) in [5, 5.41) is 0. The van der Waals surface area contributed by atoms with Crippen LogP contribution in [0, 0.1) is 0 Å². The maximum atomic E-state index is 10.5. The largest absolute Gasteiger partial charge is 0.491 e. The summed E-state index contributed by atoms with van der Waals surface area (Å²) < 4.78 is 6.59. The third kappa shape index (κ3) is 1.81. The molecule has 0 N–H and O–H groups in total. The quantitative estimate of drug-likeness (QED) is 0.772. The number of hydrogen-bond acceptors (Lipinski definition) is 2. The Morgan fingerprint density at radius 2 is 2.27 bits per heavy atom. The monoisotopic (exact) mass is 268 g/mol. The first kappa shape index (κ1) is 10.7. The van der Waals surface area contributed by atoms with Gasteiger partial charge in [0.05, 0.1) is 11.1 Å². The molecule has 0 bridgehead atoms. The smallest absolute Gasteiger partial charge is 0.137 e. The molecule has 0 aliphatic carbocycles. The van der Waals surface area contributed by atoms with Gasteiger partial charge in [-0.25, -0.2) is 0 Å². The second kappa shape index (κ2) is 3.63. The second-order valence-electron chi connectivity index (χ2n) is 4.50. The molecule has 0 radical (unpaired) electrons. The van der Waals surface area contributed by atoms with Crippen LogP contribution in [-0.2, 0) is 16.6 Å². The molecule has 0 fully saturated rings. The Kier molecular flexibility index (Phi) is 2.59. The molecule has 80 valence electrons. The zero-order chi connectivity index (χ0) is 11.1. The van der Waals surface area contributed by atoms with Gasteiger partial charge in [0, 0.05) is 17.4 Å². The summed E-state index contributed by atoms with van der Waals surface area (Å²) >= 11 is 3.48. The van der Waals surface area contributed by atoms with Gasteiger partial charge < -0.3 is 9.53 Å². The molecule has 2 nitrogen and oxygen atoms in total. The van der Waals surface area contributed by atoms with E-state index in [1.165, 1.54) is 5.56 Å². The fourth-order valence-electron chi connectivity index (χ4n) is 1.84. The summed E-state index contributed by atoms with van der Waals surface area (Å²) in [6.45, 7) is 5.00. The summed E-state index contributed by atoms with van der Waals surface area (Å²) in [7, 11) is 0. The van der Waals surface area contributed by atoms with Gasteiger partial charge in [0.25, 0.3) is 0 Å². The van der Waals surface area contributed by atoms with Crippen molar-refractivity contribution in [1.82, 2.24) is 0 Å². The molecule has 0 saturated heterocycles. The Bertz CT molecular complexity index is 410. The molecule has 15 heavy (non-hydrogen) atoms. The van der Waals surface area contributed by atoms with E-state index in [2.05, 4.69) is 35.8 Å². The van der Waals surface area contributed by atoms with Gasteiger partial charge in [0.2, 0.25) is 0 Å². The lowest BCUT2D eigenvalue weighted by molar-refractivity contribution is -0.107. The standard InChI is InChI=1S/C12H13BrO2/c1-12(2)7-15-11-9(12)5-8(3-4-14)6-10(11)13/h4-6H,3,7H2,1-2H3. The molecule has 1 aliphatic rings. The molecule has 0 saturated carbocycles. The molecule has 1 aromatic carbocycles. The third-order valence-corrected chi connectivity index (χ3v) is 3.32. The van der Waals surface area contributed by atoms with Crippen LogP contribution in [-0.4, -0.2) is 12.9 Å². The van der Waals surface area contributed by atoms with Crippen molar-refractivity contribution < 1.29 is 9.53 Å². The first-order valence-corrected chi connectivity index (χ1v) is 5.73. The lowest BCUT2D eigenvalue weighted by atomic mass is 9.86. The summed E-state index contributed by atoms with van der Waals surface area (Å²) in [4.78, 5) is 10.5. The van der Waals surface area contributed by atoms with E-state index >= 15 is 0 Å². The number of fused-ring (bicyclic) bond motifs is 1. The minimum Gasteiger partial charge on any atom is -0.491 e. The van der Waals surface area contributed by atoms with Crippen LogP contribution < -0.4 is 4.74 Å². The zero-order valence-corrected chi connectivity index (χ0v) is 10.4. The number of halogens is 1. The van der Waals surface area contributed by atoms with Crippen LogP contribution in [0.5, 0.6) is 5.75 Å². The fraction of sp³-hybridized carbons (Fsp3) is 0.417. The van der Waals surface area contributed by atoms with E-state index in [1.807, 2.05) is 6.07 Å². The van der Waals surface area contributed by atoms with Gasteiger partial charge in [-0.1, -0.05) is 19.9 Å². The average Bonchev–Trinajstić information content (AvgIpc) is 2.44. The molecule has 1 aromatic rings. The van der Waals surface area contributed by atoms with Gasteiger partial charge >= 0.3 is 0 Å². The van der Waals surface area contributed by atoms with E-state index in [0.29, 0.717) is 13.0 Å². The Balaban J connectivity index is 2.53. The summed E-state index contributed by atoms with van der Waals surface area (Å²) in [6.07, 6.45) is 1.39. The van der Waals surface area contributed by atoms with Crippen LogP contribution in [0.2, 0.25) is 0 Å². The van der Waals surface area contributed by atoms with Crippen molar-refractivity contribution >= 4 is 22.2 Å². The lowest BCUT2D eigenvalue weighted by Crippen LogP contribution is -2.18. The first-order chi connectivity index (χ1) is 7.04. The number of hydrogen-bond donors (Lipinski definition) is 0. The lowest BCUT2D eigenvalue weighted by Gasteiger charge is -2.15. The molecule has 0 atom stereocenters. The second-order valence-corrected chi connectivity index (χ2v) is 5.35. The summed E-state index contributed by atoms with van der Waals surface area (Å²) in [6, 6.07) is 4.02. The molecule has 1 aliphatic heterocycles. The molecular formula is C12H13BrO2. The molecule has 0 unspecified atom stereocenters. The highest BCUT2D eigenvalue weighted by molar-refractivity contribution is 9.10. The predicted octanol–water partition coefficient (Wildman–Crippen LogP) is 2.86. The number of ether oxygens (including phenoxy) is 1. The Morgan fingerprint density at radius 1 is 1.53 bits per heavy atom. The van der Waals surface area contributed by atoms with E-state index in [4.69, 9.17) is 4.74 Å². The van der Waals surface area contributed by atoms with Crippen LogP contribution in [0.15, 0.2) is 16.6 Å². The number of carbonyl (C=O) groups is 1. The maximum Gasteiger partial charge on any atom is 0.137 e. The molecular weight excluding hydrogens is 256 g/mol. The van der Waals surface area contributed by atoms with Gasteiger partial charge in [-0.15, -0.1) is 0 Å². The Labute approximate surface area is 97.8 Å². The van der Waals surface area contributed by atoms with Crippen LogP contribution >= 0.6 is 15.9 Å². The van der Waals surface area contributed by atoms with Crippen LogP contribution in [0.3, 0.4) is 0 Å². The van der Waals surface area contributed by atoms with Crippen LogP contribution in [0.4, 0.5) is 0 Å². The van der Waals surface area contributed by atoms with Crippen molar-refractivity contribution in [2.75, 3.05) is 6.61 Å². The topological polar surface area (TPSA) is 26.3 Å². The number of rotatable bonds is 2. The van der Waals surface area contributed by atoms with Gasteiger partial charge in [0.1, 0.15) is 12.0 Å². The van der Waals surface area contributed by atoms with E-state index in [-0.39, 0.29) is 5.41 Å². The van der Waals surface area contributed by atoms with E-state index in [9.17, 15) is 4.79 Å². The number of benzene rings is 1. The highest BCUT2D eigenvalue weighted by atomic mass is 79.9. The molecule has 2 rings (SSSR count). The first-order valence-electron chi connectivity index (χ1n) is 4.94. The molecule has 0 aromatic heterocycles. The SMILES string of the molecule is CC1(C)COc2c(Br)cc(CC=O)cc21. The van der Waals surface area contributed by atoms with Gasteiger partial charge in [0.15, 0.2) is 0 Å². The van der Waals surface area contributed by atoms with Gasteiger partial charge in [-0.05, 0) is 27.6 Å². The van der Waals surface area contributed by atoms with Crippen molar-refractivity contribution in [3.05, 3.63) is 27.7 Å². The zero-order valence-electron chi connectivity index (χ0n) is 8.84. The van der Waals surface area contributed by atoms with E-state index < -0.39 is 0 Å². The van der Waals surface area contributed by atoms with Crippen LogP contribution in [0.1, 0.15) is 25.0 Å². The number of aldehydes is 1. The summed E-state index contributed by atoms with van der Waals surface area (Å²) in [5.41, 5.74) is 2.26. The average molecular weight is 269 g/mol. The maximum absolute atomic E-state index is 10.5. The fourth-order valence-corrected chi connectivity index (χ4v) is 2.47. The van der Waals surface area contributed by atoms with Crippen molar-refractivity contribution in [1.29, 1.82) is 0 Å². The van der Waals surface area contributed by atoms with E-state index in [1.54, 1.807) is 0 Å². The van der Waals surface area contributed by atoms with E-state index in [0.717, 1.165) is 22.1 Å². The number of carbonyl (C=O) groups excluding carboxylic acids is 1. The highest BCUT2D eigenvalue weighted by Crippen LogP contribution is 2.43. The van der Waals surface area contributed by atoms with Crippen LogP contribution in [0.25, 0.3) is 0 Å². The normalized spacial score (nSPS) is 17.0. The Morgan fingerprint density at radius 3 is 2.93 bits per heavy atom. The molecule has 1 heterocycles. The molecule has 0 amide bonds. The van der Waals surface area contributed by atoms with Crippen molar-refractivity contribution in [3.8, 4) is 5.75 Å². The van der Waals surface area contributed by atoms with Crippen molar-refractivity contribution in [2.24, 2.45) is 0 Å². The third-order valence-electron chi connectivity index (χ3n) is 2.73. The highest BCUT2D eigenvalue weighted by Gasteiger charge is 2.33. The van der Waals surface area contributed by atoms with Crippen molar-refractivity contribution in [3.63, 3.8) is 0 Å². The minimum atomic E-state index is 0.0384. The minimum absolute atomic E-state index is 0.0384. The predicted molar refractivity (Wildman–Crippen MR) is 62.4 cm³/mol. The summed E-state index contributed by atoms with van der Waals surface area (Å²) in [5.74, 6) is 0.926. The van der Waals surface area contributed by atoms with Gasteiger partial charge in [-0.3, -0.25) is 0 Å². The molecule has 3 heteroatoms. The molecule has 0 spiro atoms. The Hall–Kier alpha value is -0.830.